The molecule has 1 heterocycles. The molecule has 3 N–H and O–H groups in total. The molecule has 27 heavy (non-hydrogen) atoms. The van der Waals surface area contributed by atoms with Crippen LogP contribution in [-0.4, -0.2) is 26.0 Å². The van der Waals surface area contributed by atoms with Crippen molar-refractivity contribution in [2.75, 3.05) is 24.3 Å². The van der Waals surface area contributed by atoms with Crippen LogP contribution >= 0.6 is 0 Å². The van der Waals surface area contributed by atoms with Gasteiger partial charge < -0.3 is 20.9 Å². The lowest BCUT2D eigenvalue weighted by molar-refractivity contribution is -0.113. The Balaban J connectivity index is 1.94. The number of carbonyl (C=O) groups is 2. The van der Waals surface area contributed by atoms with Gasteiger partial charge in [0.15, 0.2) is 0 Å². The molecule has 0 bridgehead atoms. The first-order valence-corrected chi connectivity index (χ1v) is 8.79. The van der Waals surface area contributed by atoms with Crippen molar-refractivity contribution < 1.29 is 9.59 Å². The van der Waals surface area contributed by atoms with Crippen molar-refractivity contribution in [3.05, 3.63) is 70.9 Å². The monoisotopic (exact) mass is 364 g/mol. The lowest BCUT2D eigenvalue weighted by atomic mass is 9.94. The number of allylic oxidation sites excluding steroid dienone is 1. The first-order valence-electron chi connectivity index (χ1n) is 8.79. The largest absolute Gasteiger partial charge is 0.378 e. The summed E-state index contributed by atoms with van der Waals surface area (Å²) in [5.41, 5.74) is 4.67. The van der Waals surface area contributed by atoms with Crippen LogP contribution in [0.5, 0.6) is 0 Å². The van der Waals surface area contributed by atoms with Gasteiger partial charge in [0.1, 0.15) is 0 Å². The molecular formula is C21H24N4O2. The molecule has 3 rings (SSSR count). The first kappa shape index (κ1) is 18.5. The van der Waals surface area contributed by atoms with Crippen molar-refractivity contribution >= 4 is 23.3 Å². The summed E-state index contributed by atoms with van der Waals surface area (Å²) < 4.78 is 0. The Bertz CT molecular complexity index is 901. The number of carbonyl (C=O) groups excluding carboxylic acids is 2. The SMILES string of the molecule is CC1=C(C(=O)Nc2ccccc2C)C(c2ccc(N(C)C)cc2)NC(=O)N1. The maximum atomic E-state index is 13.0. The number of hydrogen-bond donors (Lipinski definition) is 3. The summed E-state index contributed by atoms with van der Waals surface area (Å²) in [6.07, 6.45) is 0. The van der Waals surface area contributed by atoms with E-state index in [9.17, 15) is 9.59 Å². The van der Waals surface area contributed by atoms with Gasteiger partial charge in [0.25, 0.3) is 5.91 Å². The maximum Gasteiger partial charge on any atom is 0.319 e. The number of aryl methyl sites for hydroxylation is 1. The number of urea groups is 1. The van der Waals surface area contributed by atoms with Crippen LogP contribution < -0.4 is 20.9 Å². The Labute approximate surface area is 159 Å². The minimum absolute atomic E-state index is 0.240. The van der Waals surface area contributed by atoms with E-state index >= 15 is 0 Å². The Morgan fingerprint density at radius 2 is 1.70 bits per heavy atom. The van der Waals surface area contributed by atoms with Crippen molar-refractivity contribution in [3.63, 3.8) is 0 Å². The Hall–Kier alpha value is -3.28. The second kappa shape index (κ2) is 7.53. The zero-order chi connectivity index (χ0) is 19.6. The minimum atomic E-state index is -0.515. The van der Waals surface area contributed by atoms with Gasteiger partial charge >= 0.3 is 6.03 Å². The third kappa shape index (κ3) is 3.95. The molecule has 6 nitrogen and oxygen atoms in total. The van der Waals surface area contributed by atoms with Crippen LogP contribution in [0.3, 0.4) is 0 Å². The molecule has 3 amide bonds. The highest BCUT2D eigenvalue weighted by Crippen LogP contribution is 2.29. The predicted molar refractivity (Wildman–Crippen MR) is 108 cm³/mol. The summed E-state index contributed by atoms with van der Waals surface area (Å²) in [6.45, 7) is 3.68. The van der Waals surface area contributed by atoms with Gasteiger partial charge in [-0.1, -0.05) is 30.3 Å². The highest BCUT2D eigenvalue weighted by atomic mass is 16.2. The molecule has 0 radical (unpaired) electrons. The van der Waals surface area contributed by atoms with Gasteiger partial charge in [-0.15, -0.1) is 0 Å². The number of rotatable bonds is 4. The summed E-state index contributed by atoms with van der Waals surface area (Å²) in [6, 6.07) is 14.6. The number of para-hydroxylation sites is 1. The highest BCUT2D eigenvalue weighted by molar-refractivity contribution is 6.07. The van der Waals surface area contributed by atoms with Gasteiger partial charge in [0.2, 0.25) is 0 Å². The van der Waals surface area contributed by atoms with E-state index in [1.807, 2.05) is 74.4 Å². The fraction of sp³-hybridized carbons (Fsp3) is 0.238. The van der Waals surface area contributed by atoms with E-state index in [2.05, 4.69) is 16.0 Å². The Morgan fingerprint density at radius 1 is 1.04 bits per heavy atom. The van der Waals surface area contributed by atoms with E-state index in [1.165, 1.54) is 0 Å². The van der Waals surface area contributed by atoms with Gasteiger partial charge in [-0.2, -0.15) is 0 Å². The second-order valence-corrected chi connectivity index (χ2v) is 6.83. The number of hydrogen-bond acceptors (Lipinski definition) is 3. The molecule has 1 aliphatic rings. The van der Waals surface area contributed by atoms with Crippen molar-refractivity contribution in [1.29, 1.82) is 0 Å². The molecule has 1 aliphatic heterocycles. The van der Waals surface area contributed by atoms with Crippen LogP contribution in [0.25, 0.3) is 0 Å². The number of nitrogens with zero attached hydrogens (tertiary/aromatic N) is 1. The fourth-order valence-electron chi connectivity index (χ4n) is 3.11. The van der Waals surface area contributed by atoms with E-state index in [4.69, 9.17) is 0 Å². The van der Waals surface area contributed by atoms with Crippen LogP contribution in [0, 0.1) is 6.92 Å². The van der Waals surface area contributed by atoms with Crippen molar-refractivity contribution in [2.45, 2.75) is 19.9 Å². The van der Waals surface area contributed by atoms with Crippen LogP contribution in [0.2, 0.25) is 0 Å². The second-order valence-electron chi connectivity index (χ2n) is 6.83. The summed E-state index contributed by atoms with van der Waals surface area (Å²) in [5.74, 6) is -0.240. The van der Waals surface area contributed by atoms with E-state index in [1.54, 1.807) is 6.92 Å². The van der Waals surface area contributed by atoms with E-state index in [-0.39, 0.29) is 11.9 Å². The van der Waals surface area contributed by atoms with Gasteiger partial charge in [0.05, 0.1) is 11.6 Å². The van der Waals surface area contributed by atoms with Crippen LogP contribution in [0.4, 0.5) is 16.2 Å². The van der Waals surface area contributed by atoms with Gasteiger partial charge in [-0.05, 0) is 43.2 Å². The van der Waals surface area contributed by atoms with Crippen molar-refractivity contribution in [3.8, 4) is 0 Å². The molecule has 0 spiro atoms. The molecule has 2 aromatic rings. The molecule has 0 aromatic heterocycles. The van der Waals surface area contributed by atoms with Crippen LogP contribution in [-0.2, 0) is 4.79 Å². The van der Waals surface area contributed by atoms with Gasteiger partial charge in [-0.25, -0.2) is 4.79 Å². The number of benzene rings is 2. The van der Waals surface area contributed by atoms with Gasteiger partial charge in [-0.3, -0.25) is 4.79 Å². The molecule has 1 unspecified atom stereocenters. The molecule has 0 saturated carbocycles. The lowest BCUT2D eigenvalue weighted by Gasteiger charge is -2.29. The third-order valence-electron chi connectivity index (χ3n) is 4.65. The molecule has 6 heteroatoms. The number of anilines is 2. The van der Waals surface area contributed by atoms with E-state index in [0.29, 0.717) is 11.3 Å². The molecule has 140 valence electrons. The predicted octanol–water partition coefficient (Wildman–Crippen LogP) is 3.33. The topological polar surface area (TPSA) is 73.5 Å². The molecular weight excluding hydrogens is 340 g/mol. The average molecular weight is 364 g/mol. The first-order chi connectivity index (χ1) is 12.9. The normalized spacial score (nSPS) is 16.4. The quantitative estimate of drug-likeness (QED) is 0.779. The molecule has 0 fully saturated rings. The summed E-state index contributed by atoms with van der Waals surface area (Å²) >= 11 is 0. The smallest absolute Gasteiger partial charge is 0.319 e. The van der Waals surface area contributed by atoms with Crippen LogP contribution in [0.1, 0.15) is 24.1 Å². The van der Waals surface area contributed by atoms with Gasteiger partial charge in [0, 0.05) is 31.2 Å². The van der Waals surface area contributed by atoms with E-state index in [0.717, 1.165) is 22.5 Å². The maximum absolute atomic E-state index is 13.0. The number of nitrogens with one attached hydrogen (secondary N) is 3. The zero-order valence-electron chi connectivity index (χ0n) is 16.0. The fourth-order valence-corrected chi connectivity index (χ4v) is 3.11. The Morgan fingerprint density at radius 3 is 2.33 bits per heavy atom. The summed E-state index contributed by atoms with van der Waals surface area (Å²) in [4.78, 5) is 27.0. The molecule has 0 aliphatic carbocycles. The Kier molecular flexibility index (Phi) is 5.16. The summed E-state index contributed by atoms with van der Waals surface area (Å²) in [7, 11) is 3.93. The van der Waals surface area contributed by atoms with Crippen LogP contribution in [0.15, 0.2) is 59.8 Å². The zero-order valence-corrected chi connectivity index (χ0v) is 16.0. The third-order valence-corrected chi connectivity index (χ3v) is 4.65. The van der Waals surface area contributed by atoms with E-state index < -0.39 is 6.04 Å². The van der Waals surface area contributed by atoms with Crippen molar-refractivity contribution in [2.24, 2.45) is 0 Å². The number of amides is 3. The minimum Gasteiger partial charge on any atom is -0.378 e. The molecule has 1 atom stereocenters. The molecule has 0 saturated heterocycles. The lowest BCUT2D eigenvalue weighted by Crippen LogP contribution is -2.46. The standard InChI is InChI=1S/C21H24N4O2/c1-13-7-5-6-8-17(13)23-20(26)18-14(2)22-21(27)24-19(18)15-9-11-16(12-10-15)25(3)4/h5-12,19H,1-4H3,(H,23,26)(H2,22,24,27). The molecule has 2 aromatic carbocycles. The highest BCUT2D eigenvalue weighted by Gasteiger charge is 2.31. The average Bonchev–Trinajstić information content (AvgIpc) is 2.63. The van der Waals surface area contributed by atoms with Crippen molar-refractivity contribution in [1.82, 2.24) is 10.6 Å². The summed E-state index contributed by atoms with van der Waals surface area (Å²) in [5, 5.41) is 8.52.